The first kappa shape index (κ1) is 20.6. The van der Waals surface area contributed by atoms with Gasteiger partial charge in [0.05, 0.1) is 23.3 Å². The Morgan fingerprint density at radius 1 is 1.14 bits per heavy atom. The van der Waals surface area contributed by atoms with Crippen LogP contribution in [-0.4, -0.2) is 49.6 Å². The summed E-state index contributed by atoms with van der Waals surface area (Å²) in [5.41, 5.74) is 3.04. The lowest BCUT2D eigenvalue weighted by molar-refractivity contribution is 0.464. The fourth-order valence-corrected chi connectivity index (χ4v) is 3.56. The molecule has 29 heavy (non-hydrogen) atoms. The Labute approximate surface area is 171 Å². The van der Waals surface area contributed by atoms with Crippen molar-refractivity contribution in [1.82, 2.24) is 20.2 Å². The van der Waals surface area contributed by atoms with Gasteiger partial charge in [-0.3, -0.25) is 4.99 Å². The lowest BCUT2D eigenvalue weighted by Gasteiger charge is -2.21. The zero-order valence-electron chi connectivity index (χ0n) is 16.8. The summed E-state index contributed by atoms with van der Waals surface area (Å²) in [6.45, 7) is 1.11. The highest BCUT2D eigenvalue weighted by molar-refractivity contribution is 7.90. The van der Waals surface area contributed by atoms with Gasteiger partial charge in [0.15, 0.2) is 15.8 Å². The number of benzene rings is 2. The van der Waals surface area contributed by atoms with Crippen LogP contribution >= 0.6 is 0 Å². The topological polar surface area (TPSA) is 90.4 Å². The number of nitrogens with one attached hydrogen (secondary N) is 2. The minimum atomic E-state index is -3.18. The van der Waals surface area contributed by atoms with E-state index in [1.165, 1.54) is 6.26 Å². The van der Waals surface area contributed by atoms with E-state index in [-0.39, 0.29) is 0 Å². The van der Waals surface area contributed by atoms with E-state index in [2.05, 4.69) is 20.3 Å². The maximum absolute atomic E-state index is 11.6. The molecule has 3 rings (SSSR count). The van der Waals surface area contributed by atoms with E-state index < -0.39 is 9.84 Å². The number of imidazole rings is 1. The van der Waals surface area contributed by atoms with Gasteiger partial charge in [-0.15, -0.1) is 0 Å². The molecule has 152 valence electrons. The molecule has 7 nitrogen and oxygen atoms in total. The monoisotopic (exact) mass is 411 g/mol. The molecule has 0 radical (unpaired) electrons. The summed E-state index contributed by atoms with van der Waals surface area (Å²) >= 11 is 0. The molecule has 0 aliphatic rings. The first-order chi connectivity index (χ1) is 13.9. The van der Waals surface area contributed by atoms with Gasteiger partial charge in [0.2, 0.25) is 0 Å². The number of hydrogen-bond donors (Lipinski definition) is 2. The van der Waals surface area contributed by atoms with Crippen molar-refractivity contribution in [2.75, 3.05) is 20.4 Å². The highest BCUT2D eigenvalue weighted by Gasteiger charge is 2.11. The van der Waals surface area contributed by atoms with Gasteiger partial charge >= 0.3 is 0 Å². The van der Waals surface area contributed by atoms with Crippen molar-refractivity contribution in [2.45, 2.75) is 18.0 Å². The number of sulfone groups is 1. The molecule has 2 N–H and O–H groups in total. The molecule has 0 unspecified atom stereocenters. The van der Waals surface area contributed by atoms with E-state index in [4.69, 9.17) is 0 Å². The molecule has 2 aromatic carbocycles. The Kier molecular flexibility index (Phi) is 6.33. The molecule has 1 heterocycles. The predicted octanol–water partition coefficient (Wildman–Crippen LogP) is 2.69. The van der Waals surface area contributed by atoms with E-state index >= 15 is 0 Å². The normalized spacial score (nSPS) is 12.0. The van der Waals surface area contributed by atoms with Gasteiger partial charge in [0.1, 0.15) is 5.82 Å². The quantitative estimate of drug-likeness (QED) is 0.481. The molecule has 0 fully saturated rings. The summed E-state index contributed by atoms with van der Waals surface area (Å²) in [5.74, 6) is 1.56. The van der Waals surface area contributed by atoms with Crippen molar-refractivity contribution in [3.05, 3.63) is 72.2 Å². The average Bonchev–Trinajstić information content (AvgIpc) is 3.17. The molecule has 0 aliphatic heterocycles. The second-order valence-corrected chi connectivity index (χ2v) is 8.80. The third-order valence-electron chi connectivity index (χ3n) is 4.48. The van der Waals surface area contributed by atoms with Crippen LogP contribution in [0.2, 0.25) is 0 Å². The third kappa shape index (κ3) is 5.45. The van der Waals surface area contributed by atoms with Crippen LogP contribution in [0.15, 0.2) is 70.7 Å². The molecule has 3 aromatic rings. The minimum absolute atomic E-state index is 0.315. The molecule has 0 atom stereocenters. The standard InChI is InChI=1S/C21H25N5O2S/c1-22-21(24-13-16-9-11-18(12-10-16)29(3,27)28)26(2)15-20-23-14-19(25-20)17-7-5-4-6-8-17/h4-12,14H,13,15H2,1-3H3,(H,22,24)(H,23,25). The number of nitrogens with zero attached hydrogens (tertiary/aromatic N) is 3. The molecular formula is C21H25N5O2S. The zero-order valence-corrected chi connectivity index (χ0v) is 17.6. The van der Waals surface area contributed by atoms with Crippen LogP contribution in [0.5, 0.6) is 0 Å². The number of rotatable bonds is 6. The summed E-state index contributed by atoms with van der Waals surface area (Å²) in [6, 6.07) is 16.9. The fourth-order valence-electron chi connectivity index (χ4n) is 2.93. The first-order valence-electron chi connectivity index (χ1n) is 9.17. The second kappa shape index (κ2) is 8.91. The number of aromatic amines is 1. The van der Waals surface area contributed by atoms with Gasteiger partial charge in [0.25, 0.3) is 0 Å². The predicted molar refractivity (Wildman–Crippen MR) is 115 cm³/mol. The van der Waals surface area contributed by atoms with E-state index in [9.17, 15) is 8.42 Å². The number of hydrogen-bond acceptors (Lipinski definition) is 4. The van der Waals surface area contributed by atoms with Gasteiger partial charge in [-0.05, 0) is 23.3 Å². The number of H-pyrrole nitrogens is 1. The summed E-state index contributed by atoms with van der Waals surface area (Å²) < 4.78 is 23.1. The van der Waals surface area contributed by atoms with Crippen molar-refractivity contribution in [2.24, 2.45) is 4.99 Å². The van der Waals surface area contributed by atoms with Gasteiger partial charge in [-0.1, -0.05) is 42.5 Å². The van der Waals surface area contributed by atoms with Crippen LogP contribution in [0.4, 0.5) is 0 Å². The zero-order chi connectivity index (χ0) is 20.9. The molecule has 0 saturated heterocycles. The molecule has 0 spiro atoms. The third-order valence-corrected chi connectivity index (χ3v) is 5.60. The molecule has 0 saturated carbocycles. The van der Waals surface area contributed by atoms with Crippen LogP contribution in [0.25, 0.3) is 11.3 Å². The first-order valence-corrected chi connectivity index (χ1v) is 11.1. The van der Waals surface area contributed by atoms with Crippen molar-refractivity contribution in [3.8, 4) is 11.3 Å². The lowest BCUT2D eigenvalue weighted by Crippen LogP contribution is -2.38. The largest absolute Gasteiger partial charge is 0.352 e. The van der Waals surface area contributed by atoms with Crippen molar-refractivity contribution in [1.29, 1.82) is 0 Å². The Morgan fingerprint density at radius 3 is 2.45 bits per heavy atom. The van der Waals surface area contributed by atoms with Crippen LogP contribution in [-0.2, 0) is 22.9 Å². The van der Waals surface area contributed by atoms with E-state index in [0.29, 0.717) is 18.0 Å². The van der Waals surface area contributed by atoms with Crippen LogP contribution in [0.3, 0.4) is 0 Å². The van der Waals surface area contributed by atoms with Crippen molar-refractivity contribution < 1.29 is 8.42 Å². The molecule has 0 aliphatic carbocycles. The maximum atomic E-state index is 11.6. The van der Waals surface area contributed by atoms with Gasteiger partial charge < -0.3 is 15.2 Å². The average molecular weight is 412 g/mol. The maximum Gasteiger partial charge on any atom is 0.194 e. The number of guanidine groups is 1. The smallest absolute Gasteiger partial charge is 0.194 e. The second-order valence-electron chi connectivity index (χ2n) is 6.78. The van der Waals surface area contributed by atoms with Gasteiger partial charge in [0, 0.05) is 26.9 Å². The van der Waals surface area contributed by atoms with Crippen molar-refractivity contribution in [3.63, 3.8) is 0 Å². The SMILES string of the molecule is CN=C(NCc1ccc(S(C)(=O)=O)cc1)N(C)Cc1ncc(-c2ccccc2)[nH]1. The van der Waals surface area contributed by atoms with Crippen LogP contribution in [0.1, 0.15) is 11.4 Å². The van der Waals surface area contributed by atoms with Crippen molar-refractivity contribution >= 4 is 15.8 Å². The van der Waals surface area contributed by atoms with E-state index in [1.807, 2.05) is 48.5 Å². The molecule has 0 bridgehead atoms. The van der Waals surface area contributed by atoms with Gasteiger partial charge in [-0.25, -0.2) is 13.4 Å². The summed E-state index contributed by atoms with van der Waals surface area (Å²) in [6.07, 6.45) is 3.03. The number of aliphatic imine (C=N–C) groups is 1. The van der Waals surface area contributed by atoms with Gasteiger partial charge in [-0.2, -0.15) is 0 Å². The highest BCUT2D eigenvalue weighted by atomic mass is 32.2. The molecule has 1 aromatic heterocycles. The Bertz CT molecular complexity index is 1070. The summed E-state index contributed by atoms with van der Waals surface area (Å²) in [7, 11) is 0.478. The Morgan fingerprint density at radius 2 is 1.83 bits per heavy atom. The van der Waals surface area contributed by atoms with E-state index in [1.54, 1.807) is 31.3 Å². The van der Waals surface area contributed by atoms with E-state index in [0.717, 1.165) is 28.6 Å². The highest BCUT2D eigenvalue weighted by Crippen LogP contribution is 2.16. The summed E-state index contributed by atoms with van der Waals surface area (Å²) in [5, 5.41) is 3.29. The molecule has 0 amide bonds. The number of aromatic nitrogens is 2. The summed E-state index contributed by atoms with van der Waals surface area (Å²) in [4.78, 5) is 14.4. The molecular weight excluding hydrogens is 386 g/mol. The fraction of sp³-hybridized carbons (Fsp3) is 0.238. The Balaban J connectivity index is 1.60. The minimum Gasteiger partial charge on any atom is -0.352 e. The van der Waals surface area contributed by atoms with Crippen LogP contribution in [0, 0.1) is 0 Å². The Hall–Kier alpha value is -3.13. The molecule has 8 heteroatoms. The lowest BCUT2D eigenvalue weighted by atomic mass is 10.2. The van der Waals surface area contributed by atoms with Crippen LogP contribution < -0.4 is 5.32 Å².